The van der Waals surface area contributed by atoms with Crippen LogP contribution in [0.5, 0.6) is 0 Å². The minimum Gasteiger partial charge on any atom is -0.462 e. The molecule has 15 heavy (non-hydrogen) atoms. The summed E-state index contributed by atoms with van der Waals surface area (Å²) in [6.07, 6.45) is 4.45. The van der Waals surface area contributed by atoms with Crippen LogP contribution in [0, 0.1) is 0 Å². The second-order valence-corrected chi connectivity index (χ2v) is 4.58. The molecule has 1 fully saturated rings. The molecule has 0 radical (unpaired) electrons. The summed E-state index contributed by atoms with van der Waals surface area (Å²) < 4.78 is 5.18. The number of hydrogen-bond acceptors (Lipinski definition) is 3. The number of hydrogen-bond donors (Lipinski definition) is 0. The number of esters is 1. The van der Waals surface area contributed by atoms with E-state index in [4.69, 9.17) is 4.74 Å². The van der Waals surface area contributed by atoms with Gasteiger partial charge in [0.05, 0.1) is 0 Å². The average molecular weight is 222 g/mol. The van der Waals surface area contributed by atoms with Gasteiger partial charge in [-0.05, 0) is 30.4 Å². The second kappa shape index (κ2) is 4.71. The zero-order chi connectivity index (χ0) is 10.7. The van der Waals surface area contributed by atoms with E-state index in [9.17, 15) is 4.79 Å². The third kappa shape index (κ3) is 2.75. The Morgan fingerprint density at radius 2 is 2.13 bits per heavy atom. The zero-order valence-electron chi connectivity index (χ0n) is 8.73. The van der Waals surface area contributed by atoms with E-state index >= 15 is 0 Å². The van der Waals surface area contributed by atoms with Crippen LogP contribution in [0.4, 0.5) is 0 Å². The highest BCUT2D eigenvalue weighted by atomic mass is 32.2. The lowest BCUT2D eigenvalue weighted by Gasteiger charge is -2.09. The van der Waals surface area contributed by atoms with E-state index < -0.39 is 0 Å². The fraction of sp³-hybridized carbons (Fsp3) is 0.417. The van der Waals surface area contributed by atoms with Crippen molar-refractivity contribution in [3.05, 3.63) is 29.8 Å². The molecule has 1 saturated heterocycles. The van der Waals surface area contributed by atoms with Crippen LogP contribution < -0.4 is 0 Å². The Balaban J connectivity index is 1.96. The number of carbonyl (C=O) groups is 1. The highest BCUT2D eigenvalue weighted by Gasteiger charge is 2.23. The van der Waals surface area contributed by atoms with E-state index in [0.717, 1.165) is 12.8 Å². The molecule has 0 amide bonds. The first-order valence-electron chi connectivity index (χ1n) is 5.10. The fourth-order valence-corrected chi connectivity index (χ4v) is 2.16. The molecular formula is C12H14O2S. The molecule has 1 aliphatic heterocycles. The molecule has 1 heterocycles. The SMILES string of the molecule is CSc1ccc(CC2CCC(=O)O2)cc1. The van der Waals surface area contributed by atoms with Gasteiger partial charge in [0, 0.05) is 17.7 Å². The minimum atomic E-state index is -0.0549. The molecule has 1 aliphatic rings. The normalized spacial score (nSPS) is 20.3. The van der Waals surface area contributed by atoms with Crippen molar-refractivity contribution in [2.75, 3.05) is 6.26 Å². The zero-order valence-corrected chi connectivity index (χ0v) is 9.55. The summed E-state index contributed by atoms with van der Waals surface area (Å²) in [5, 5.41) is 0. The molecule has 1 aromatic carbocycles. The van der Waals surface area contributed by atoms with Gasteiger partial charge in [-0.1, -0.05) is 12.1 Å². The predicted molar refractivity (Wildman–Crippen MR) is 61.0 cm³/mol. The first-order valence-corrected chi connectivity index (χ1v) is 6.33. The predicted octanol–water partition coefficient (Wildman–Crippen LogP) is 2.66. The molecule has 2 nitrogen and oxygen atoms in total. The molecule has 0 N–H and O–H groups in total. The smallest absolute Gasteiger partial charge is 0.306 e. The molecule has 1 unspecified atom stereocenters. The van der Waals surface area contributed by atoms with Gasteiger partial charge in [-0.25, -0.2) is 0 Å². The molecule has 0 bridgehead atoms. The van der Waals surface area contributed by atoms with Gasteiger partial charge < -0.3 is 4.74 Å². The second-order valence-electron chi connectivity index (χ2n) is 3.70. The van der Waals surface area contributed by atoms with Crippen molar-refractivity contribution in [3.8, 4) is 0 Å². The summed E-state index contributed by atoms with van der Waals surface area (Å²) >= 11 is 1.74. The Labute approximate surface area is 94.0 Å². The van der Waals surface area contributed by atoms with Crippen molar-refractivity contribution in [1.82, 2.24) is 0 Å². The van der Waals surface area contributed by atoms with Crippen LogP contribution in [0.2, 0.25) is 0 Å². The first kappa shape index (κ1) is 10.6. The molecule has 80 valence electrons. The number of benzene rings is 1. The molecule has 3 heteroatoms. The van der Waals surface area contributed by atoms with Gasteiger partial charge in [-0.2, -0.15) is 0 Å². The highest BCUT2D eigenvalue weighted by Crippen LogP contribution is 2.20. The Hall–Kier alpha value is -0.960. The quantitative estimate of drug-likeness (QED) is 0.581. The van der Waals surface area contributed by atoms with Crippen molar-refractivity contribution in [2.45, 2.75) is 30.3 Å². The maximum Gasteiger partial charge on any atom is 0.306 e. The average Bonchev–Trinajstić information content (AvgIpc) is 2.65. The van der Waals surface area contributed by atoms with E-state index in [1.54, 1.807) is 11.8 Å². The minimum absolute atomic E-state index is 0.0549. The van der Waals surface area contributed by atoms with Gasteiger partial charge in [0.1, 0.15) is 6.10 Å². The highest BCUT2D eigenvalue weighted by molar-refractivity contribution is 7.98. The monoisotopic (exact) mass is 222 g/mol. The summed E-state index contributed by atoms with van der Waals surface area (Å²) in [7, 11) is 0. The summed E-state index contributed by atoms with van der Waals surface area (Å²) in [6, 6.07) is 8.43. The van der Waals surface area contributed by atoms with Gasteiger partial charge in [-0.3, -0.25) is 4.79 Å². The molecule has 0 aromatic heterocycles. The van der Waals surface area contributed by atoms with Crippen molar-refractivity contribution in [2.24, 2.45) is 0 Å². The largest absolute Gasteiger partial charge is 0.462 e. The Morgan fingerprint density at radius 3 is 2.67 bits per heavy atom. The number of thioether (sulfide) groups is 1. The lowest BCUT2D eigenvalue weighted by atomic mass is 10.1. The third-order valence-corrected chi connectivity index (χ3v) is 3.33. The van der Waals surface area contributed by atoms with Gasteiger partial charge >= 0.3 is 5.97 Å². The maximum atomic E-state index is 10.9. The number of cyclic esters (lactones) is 1. The van der Waals surface area contributed by atoms with E-state index in [2.05, 4.69) is 30.5 Å². The van der Waals surface area contributed by atoms with Crippen molar-refractivity contribution < 1.29 is 9.53 Å². The molecule has 2 rings (SSSR count). The van der Waals surface area contributed by atoms with Gasteiger partial charge in [-0.15, -0.1) is 11.8 Å². The number of ether oxygens (including phenoxy) is 1. The molecule has 1 aromatic rings. The standard InChI is InChI=1S/C12H14O2S/c1-15-11-5-2-9(3-6-11)8-10-4-7-12(13)14-10/h2-3,5-6,10H,4,7-8H2,1H3. The van der Waals surface area contributed by atoms with E-state index in [0.29, 0.717) is 6.42 Å². The molecular weight excluding hydrogens is 208 g/mol. The van der Waals surface area contributed by atoms with E-state index in [-0.39, 0.29) is 12.1 Å². The van der Waals surface area contributed by atoms with Crippen LogP contribution in [0.25, 0.3) is 0 Å². The summed E-state index contributed by atoms with van der Waals surface area (Å²) in [5.41, 5.74) is 1.24. The molecule has 0 spiro atoms. The lowest BCUT2D eigenvalue weighted by Crippen LogP contribution is -2.10. The number of carbonyl (C=O) groups excluding carboxylic acids is 1. The third-order valence-electron chi connectivity index (χ3n) is 2.59. The lowest BCUT2D eigenvalue weighted by molar-refractivity contribution is -0.141. The fourth-order valence-electron chi connectivity index (χ4n) is 1.75. The Morgan fingerprint density at radius 1 is 1.40 bits per heavy atom. The maximum absolute atomic E-state index is 10.9. The van der Waals surface area contributed by atoms with Crippen LogP contribution in [-0.4, -0.2) is 18.3 Å². The van der Waals surface area contributed by atoms with Gasteiger partial charge in [0.15, 0.2) is 0 Å². The molecule has 0 saturated carbocycles. The molecule has 1 atom stereocenters. The first-order chi connectivity index (χ1) is 7.28. The van der Waals surface area contributed by atoms with Crippen LogP contribution in [0.3, 0.4) is 0 Å². The van der Waals surface area contributed by atoms with Crippen LogP contribution >= 0.6 is 11.8 Å². The topological polar surface area (TPSA) is 26.3 Å². The van der Waals surface area contributed by atoms with E-state index in [1.807, 2.05) is 0 Å². The van der Waals surface area contributed by atoms with E-state index in [1.165, 1.54) is 10.5 Å². The number of rotatable bonds is 3. The summed E-state index contributed by atoms with van der Waals surface area (Å²) in [4.78, 5) is 12.2. The summed E-state index contributed by atoms with van der Waals surface area (Å²) in [5.74, 6) is -0.0549. The van der Waals surface area contributed by atoms with Gasteiger partial charge in [0.2, 0.25) is 0 Å². The van der Waals surface area contributed by atoms with Crippen LogP contribution in [0.15, 0.2) is 29.2 Å². The van der Waals surface area contributed by atoms with Crippen molar-refractivity contribution in [3.63, 3.8) is 0 Å². The van der Waals surface area contributed by atoms with Gasteiger partial charge in [0.25, 0.3) is 0 Å². The van der Waals surface area contributed by atoms with Crippen LogP contribution in [-0.2, 0) is 16.0 Å². The van der Waals surface area contributed by atoms with Crippen molar-refractivity contribution in [1.29, 1.82) is 0 Å². The summed E-state index contributed by atoms with van der Waals surface area (Å²) in [6.45, 7) is 0. The van der Waals surface area contributed by atoms with Crippen LogP contribution in [0.1, 0.15) is 18.4 Å². The Kier molecular flexibility index (Phi) is 3.31. The van der Waals surface area contributed by atoms with Crippen molar-refractivity contribution >= 4 is 17.7 Å². The Bertz CT molecular complexity index is 345. The molecule has 0 aliphatic carbocycles.